The average molecular weight is 437 g/mol. The van der Waals surface area contributed by atoms with Crippen molar-refractivity contribution in [3.63, 3.8) is 0 Å². The van der Waals surface area contributed by atoms with Gasteiger partial charge in [0, 0.05) is 24.8 Å². The molecule has 0 aliphatic carbocycles. The Balaban J connectivity index is 1.34. The maximum atomic E-state index is 13.7. The smallest absolute Gasteiger partial charge is 0.232 e. The summed E-state index contributed by atoms with van der Waals surface area (Å²) in [5.41, 5.74) is 2.66. The highest BCUT2D eigenvalue weighted by molar-refractivity contribution is 7.13. The zero-order valence-corrected chi connectivity index (χ0v) is 18.3. The van der Waals surface area contributed by atoms with E-state index in [-0.39, 0.29) is 23.7 Å². The molecule has 0 saturated carbocycles. The SMILES string of the molecule is CC1CCc2cc(F)ccc2N1C(=O)C1CCCN(c2ccc(-c3cccs3)nn2)C1. The van der Waals surface area contributed by atoms with Crippen molar-refractivity contribution in [2.45, 2.75) is 38.6 Å². The average Bonchev–Trinajstić information content (AvgIpc) is 3.34. The molecule has 1 saturated heterocycles. The van der Waals surface area contributed by atoms with E-state index in [1.54, 1.807) is 23.5 Å². The van der Waals surface area contributed by atoms with Gasteiger partial charge in [0.2, 0.25) is 5.91 Å². The second-order valence-electron chi connectivity index (χ2n) is 8.41. The van der Waals surface area contributed by atoms with Crippen LogP contribution >= 0.6 is 11.3 Å². The highest BCUT2D eigenvalue weighted by Gasteiger charge is 2.35. The fraction of sp³-hybridized carbons (Fsp3) is 0.375. The summed E-state index contributed by atoms with van der Waals surface area (Å²) in [6.45, 7) is 3.58. The van der Waals surface area contributed by atoms with E-state index in [9.17, 15) is 9.18 Å². The first kappa shape index (κ1) is 20.1. The van der Waals surface area contributed by atoms with E-state index in [1.165, 1.54) is 6.07 Å². The summed E-state index contributed by atoms with van der Waals surface area (Å²) >= 11 is 1.64. The minimum Gasteiger partial charge on any atom is -0.354 e. The first-order valence-corrected chi connectivity index (χ1v) is 11.7. The van der Waals surface area contributed by atoms with Gasteiger partial charge in [0.25, 0.3) is 0 Å². The Labute approximate surface area is 185 Å². The van der Waals surface area contributed by atoms with E-state index in [2.05, 4.69) is 22.0 Å². The van der Waals surface area contributed by atoms with Crippen LogP contribution in [0.2, 0.25) is 0 Å². The summed E-state index contributed by atoms with van der Waals surface area (Å²) in [6.07, 6.45) is 3.45. The number of rotatable bonds is 3. The fourth-order valence-corrected chi connectivity index (χ4v) is 5.38. The summed E-state index contributed by atoms with van der Waals surface area (Å²) in [4.78, 5) is 18.7. The van der Waals surface area contributed by atoms with Gasteiger partial charge in [0.15, 0.2) is 5.82 Å². The van der Waals surface area contributed by atoms with Crippen LogP contribution in [0.4, 0.5) is 15.9 Å². The van der Waals surface area contributed by atoms with Gasteiger partial charge in [-0.3, -0.25) is 4.79 Å². The lowest BCUT2D eigenvalue weighted by atomic mass is 9.91. The Morgan fingerprint density at radius 3 is 2.84 bits per heavy atom. The van der Waals surface area contributed by atoms with Crippen LogP contribution in [0.3, 0.4) is 0 Å². The molecular weight excluding hydrogens is 411 g/mol. The Morgan fingerprint density at radius 1 is 1.16 bits per heavy atom. The van der Waals surface area contributed by atoms with Gasteiger partial charge in [0.05, 0.1) is 10.8 Å². The molecule has 1 fully saturated rings. The Hall–Kier alpha value is -2.80. The Bertz CT molecular complexity index is 1070. The fourth-order valence-electron chi connectivity index (χ4n) is 4.69. The third-order valence-corrected chi connectivity index (χ3v) is 7.22. The van der Waals surface area contributed by atoms with Gasteiger partial charge in [-0.25, -0.2) is 4.39 Å². The van der Waals surface area contributed by atoms with Crippen molar-refractivity contribution in [3.8, 4) is 10.6 Å². The Morgan fingerprint density at radius 2 is 2.06 bits per heavy atom. The number of carbonyl (C=O) groups is 1. The number of carbonyl (C=O) groups excluding carboxylic acids is 1. The molecule has 160 valence electrons. The third-order valence-electron chi connectivity index (χ3n) is 6.33. The normalized spacial score (nSPS) is 21.1. The molecule has 2 aromatic heterocycles. The monoisotopic (exact) mass is 436 g/mol. The van der Waals surface area contributed by atoms with Crippen molar-refractivity contribution in [3.05, 3.63) is 59.2 Å². The number of nitrogens with zero attached hydrogens (tertiary/aromatic N) is 4. The molecule has 0 N–H and O–H groups in total. The number of aromatic nitrogens is 2. The number of amides is 1. The number of halogens is 1. The van der Waals surface area contributed by atoms with Crippen molar-refractivity contribution in [1.29, 1.82) is 0 Å². The molecule has 5 rings (SSSR count). The molecule has 7 heteroatoms. The van der Waals surface area contributed by atoms with Crippen molar-refractivity contribution >= 4 is 28.7 Å². The summed E-state index contributed by atoms with van der Waals surface area (Å²) in [5.74, 6) is 0.597. The largest absolute Gasteiger partial charge is 0.354 e. The van der Waals surface area contributed by atoms with E-state index in [0.717, 1.165) is 59.9 Å². The van der Waals surface area contributed by atoms with Crippen molar-refractivity contribution in [2.75, 3.05) is 22.9 Å². The molecule has 31 heavy (non-hydrogen) atoms. The number of thiophene rings is 1. The number of hydrogen-bond acceptors (Lipinski definition) is 5. The molecule has 2 unspecified atom stereocenters. The first-order chi connectivity index (χ1) is 15.1. The number of aryl methyl sites for hydroxylation is 1. The lowest BCUT2D eigenvalue weighted by Gasteiger charge is -2.40. The molecule has 5 nitrogen and oxygen atoms in total. The van der Waals surface area contributed by atoms with Crippen LogP contribution in [0.1, 0.15) is 31.7 Å². The van der Waals surface area contributed by atoms with Crippen LogP contribution in [-0.2, 0) is 11.2 Å². The third kappa shape index (κ3) is 3.94. The molecule has 2 aliphatic rings. The van der Waals surface area contributed by atoms with Gasteiger partial charge in [-0.2, -0.15) is 0 Å². The zero-order chi connectivity index (χ0) is 21.4. The number of piperidine rings is 1. The second kappa shape index (κ2) is 8.38. The molecular formula is C24H25FN4OS. The van der Waals surface area contributed by atoms with Gasteiger partial charge in [-0.1, -0.05) is 6.07 Å². The predicted molar refractivity (Wildman–Crippen MR) is 122 cm³/mol. The maximum Gasteiger partial charge on any atom is 0.232 e. The second-order valence-corrected chi connectivity index (χ2v) is 9.36. The first-order valence-electron chi connectivity index (χ1n) is 10.8. The van der Waals surface area contributed by atoms with Crippen LogP contribution in [0.15, 0.2) is 47.8 Å². The van der Waals surface area contributed by atoms with Crippen molar-refractivity contribution in [2.24, 2.45) is 5.92 Å². The van der Waals surface area contributed by atoms with Gasteiger partial charge in [-0.05, 0) is 79.9 Å². The van der Waals surface area contributed by atoms with Gasteiger partial charge in [-0.15, -0.1) is 21.5 Å². The minimum atomic E-state index is -0.242. The number of fused-ring (bicyclic) bond motifs is 1. The standard InChI is InChI=1S/C24H25FN4OS/c1-16-6-7-17-14-19(25)8-10-21(17)29(16)24(30)18-4-2-12-28(15-18)23-11-9-20(26-27-23)22-5-3-13-31-22/h3,5,8-11,13-14,16,18H,2,4,6-7,12,15H2,1H3. The van der Waals surface area contributed by atoms with Crippen LogP contribution in [0.5, 0.6) is 0 Å². The Kier molecular flexibility index (Phi) is 5.44. The molecule has 0 spiro atoms. The van der Waals surface area contributed by atoms with Crippen molar-refractivity contribution in [1.82, 2.24) is 10.2 Å². The van der Waals surface area contributed by atoms with Gasteiger partial charge >= 0.3 is 0 Å². The summed E-state index contributed by atoms with van der Waals surface area (Å²) in [6, 6.07) is 12.9. The van der Waals surface area contributed by atoms with E-state index >= 15 is 0 Å². The topological polar surface area (TPSA) is 49.3 Å². The summed E-state index contributed by atoms with van der Waals surface area (Å²) in [5, 5.41) is 10.9. The molecule has 0 bridgehead atoms. The zero-order valence-electron chi connectivity index (χ0n) is 17.5. The highest BCUT2D eigenvalue weighted by Crippen LogP contribution is 2.34. The van der Waals surface area contributed by atoms with E-state index in [1.807, 2.05) is 34.5 Å². The van der Waals surface area contributed by atoms with E-state index in [0.29, 0.717) is 6.54 Å². The molecule has 2 aliphatic heterocycles. The number of benzene rings is 1. The number of anilines is 2. The lowest BCUT2D eigenvalue weighted by Crippen LogP contribution is -2.49. The van der Waals surface area contributed by atoms with Crippen LogP contribution in [0.25, 0.3) is 10.6 Å². The molecule has 1 aromatic carbocycles. The summed E-state index contributed by atoms with van der Waals surface area (Å²) in [7, 11) is 0. The van der Waals surface area contributed by atoms with Crippen molar-refractivity contribution < 1.29 is 9.18 Å². The van der Waals surface area contributed by atoms with Gasteiger partial charge < -0.3 is 9.80 Å². The highest BCUT2D eigenvalue weighted by atomic mass is 32.1. The van der Waals surface area contributed by atoms with Crippen LogP contribution in [-0.4, -0.2) is 35.2 Å². The molecule has 1 amide bonds. The number of hydrogen-bond donors (Lipinski definition) is 0. The predicted octanol–water partition coefficient (Wildman–Crippen LogP) is 4.93. The molecule has 4 heterocycles. The van der Waals surface area contributed by atoms with E-state index < -0.39 is 0 Å². The van der Waals surface area contributed by atoms with E-state index in [4.69, 9.17) is 0 Å². The quantitative estimate of drug-likeness (QED) is 0.584. The minimum absolute atomic E-state index is 0.106. The molecule has 2 atom stereocenters. The van der Waals surface area contributed by atoms with Crippen LogP contribution in [0, 0.1) is 11.7 Å². The van der Waals surface area contributed by atoms with Gasteiger partial charge in [0.1, 0.15) is 11.5 Å². The lowest BCUT2D eigenvalue weighted by molar-refractivity contribution is -0.123. The molecule has 3 aromatic rings. The summed E-state index contributed by atoms with van der Waals surface area (Å²) < 4.78 is 13.7. The molecule has 0 radical (unpaired) electrons. The van der Waals surface area contributed by atoms with Crippen LogP contribution < -0.4 is 9.80 Å². The maximum absolute atomic E-state index is 13.7.